The van der Waals surface area contributed by atoms with E-state index < -0.39 is 0 Å². The first-order valence-electron chi connectivity index (χ1n) is 9.57. The fourth-order valence-electron chi connectivity index (χ4n) is 4.43. The Morgan fingerprint density at radius 2 is 1.78 bits per heavy atom. The smallest absolute Gasteiger partial charge is 0.253 e. The molecule has 2 aliphatic heterocycles. The van der Waals surface area contributed by atoms with E-state index in [4.69, 9.17) is 0 Å². The van der Waals surface area contributed by atoms with Crippen LogP contribution in [0.1, 0.15) is 36.0 Å². The number of imidazole rings is 1. The van der Waals surface area contributed by atoms with Crippen molar-refractivity contribution >= 4 is 11.8 Å². The summed E-state index contributed by atoms with van der Waals surface area (Å²) in [6, 6.07) is 7.78. The van der Waals surface area contributed by atoms with E-state index in [9.17, 15) is 9.59 Å². The first-order valence-corrected chi connectivity index (χ1v) is 9.57. The normalized spacial score (nSPS) is 19.6. The minimum Gasteiger partial charge on any atom is -0.345 e. The zero-order valence-electron chi connectivity index (χ0n) is 16.0. The Labute approximate surface area is 159 Å². The Morgan fingerprint density at radius 1 is 1.07 bits per heavy atom. The van der Waals surface area contributed by atoms with Crippen LogP contribution < -0.4 is 0 Å². The molecule has 4 rings (SSSR count). The summed E-state index contributed by atoms with van der Waals surface area (Å²) in [4.78, 5) is 32.6. The number of hydrogen-bond acceptors (Lipinski definition) is 3. The predicted octanol–water partition coefficient (Wildman–Crippen LogP) is 2.56. The van der Waals surface area contributed by atoms with Crippen LogP contribution in [0, 0.1) is 5.41 Å². The van der Waals surface area contributed by atoms with Crippen LogP contribution in [0.4, 0.5) is 0 Å². The molecule has 6 nitrogen and oxygen atoms in total. The summed E-state index contributed by atoms with van der Waals surface area (Å²) in [5, 5.41) is 0. The molecular weight excluding hydrogens is 340 g/mol. The molecule has 3 heterocycles. The van der Waals surface area contributed by atoms with Crippen molar-refractivity contribution in [1.82, 2.24) is 19.4 Å². The maximum absolute atomic E-state index is 12.9. The standard InChI is InChI=1S/C21H26N4O2/c1-23-14-21(8-7-19(23)26)9-11-25(12-10-21)20(27)17-5-3-16(4-6-17)18-13-22-15-24(18)2/h3-6,13,15H,7-12,14H2,1-2H3. The number of carbonyl (C=O) groups is 2. The first kappa shape index (κ1) is 17.8. The third-order valence-electron chi connectivity index (χ3n) is 6.22. The quantitative estimate of drug-likeness (QED) is 0.821. The van der Waals surface area contributed by atoms with Crippen LogP contribution in [0.15, 0.2) is 36.8 Å². The highest BCUT2D eigenvalue weighted by Crippen LogP contribution is 2.40. The van der Waals surface area contributed by atoms with Crippen LogP contribution in [0.3, 0.4) is 0 Å². The summed E-state index contributed by atoms with van der Waals surface area (Å²) in [6.45, 7) is 2.36. The molecule has 2 aliphatic rings. The molecule has 2 fully saturated rings. The zero-order chi connectivity index (χ0) is 19.0. The van der Waals surface area contributed by atoms with E-state index in [1.165, 1.54) is 0 Å². The fourth-order valence-corrected chi connectivity index (χ4v) is 4.43. The maximum Gasteiger partial charge on any atom is 0.253 e. The number of likely N-dealkylation sites (tertiary alicyclic amines) is 2. The van der Waals surface area contributed by atoms with Gasteiger partial charge >= 0.3 is 0 Å². The van der Waals surface area contributed by atoms with E-state index in [0.717, 1.165) is 55.7 Å². The molecule has 142 valence electrons. The van der Waals surface area contributed by atoms with Gasteiger partial charge in [0.05, 0.1) is 18.2 Å². The molecule has 0 N–H and O–H groups in total. The highest BCUT2D eigenvalue weighted by molar-refractivity contribution is 5.94. The summed E-state index contributed by atoms with van der Waals surface area (Å²) >= 11 is 0. The summed E-state index contributed by atoms with van der Waals surface area (Å²) in [5.74, 6) is 0.342. The van der Waals surface area contributed by atoms with Crippen molar-refractivity contribution in [1.29, 1.82) is 0 Å². The van der Waals surface area contributed by atoms with E-state index in [2.05, 4.69) is 4.98 Å². The van der Waals surface area contributed by atoms with E-state index in [1.54, 1.807) is 6.33 Å². The number of aryl methyl sites for hydroxylation is 1. The first-order chi connectivity index (χ1) is 13.0. The molecule has 1 aromatic heterocycles. The van der Waals surface area contributed by atoms with Gasteiger partial charge in [0.15, 0.2) is 0 Å². The summed E-state index contributed by atoms with van der Waals surface area (Å²) in [7, 11) is 3.85. The monoisotopic (exact) mass is 366 g/mol. The Balaban J connectivity index is 1.41. The number of carbonyl (C=O) groups excluding carboxylic acids is 2. The van der Waals surface area contributed by atoms with Gasteiger partial charge in [0.2, 0.25) is 5.91 Å². The molecule has 0 aliphatic carbocycles. The van der Waals surface area contributed by atoms with E-state index >= 15 is 0 Å². The third-order valence-corrected chi connectivity index (χ3v) is 6.22. The lowest BCUT2D eigenvalue weighted by Crippen LogP contribution is -2.51. The molecule has 1 aromatic carbocycles. The molecule has 2 amide bonds. The topological polar surface area (TPSA) is 58.4 Å². The van der Waals surface area contributed by atoms with Crippen LogP contribution in [-0.2, 0) is 11.8 Å². The molecule has 0 saturated carbocycles. The minimum atomic E-state index is 0.0987. The number of aromatic nitrogens is 2. The van der Waals surface area contributed by atoms with Crippen LogP contribution in [0.25, 0.3) is 11.3 Å². The maximum atomic E-state index is 12.9. The van der Waals surface area contributed by atoms with Crippen LogP contribution in [0.2, 0.25) is 0 Å². The van der Waals surface area contributed by atoms with Gasteiger partial charge in [-0.3, -0.25) is 9.59 Å². The SMILES string of the molecule is CN1CC2(CCC1=O)CCN(C(=O)c1ccc(-c3cncn3C)cc1)CC2. The van der Waals surface area contributed by atoms with Gasteiger partial charge in [-0.25, -0.2) is 4.98 Å². The van der Waals surface area contributed by atoms with Gasteiger partial charge in [0, 0.05) is 45.7 Å². The number of piperidine rings is 2. The van der Waals surface area contributed by atoms with Gasteiger partial charge in [-0.15, -0.1) is 0 Å². The highest BCUT2D eigenvalue weighted by atomic mass is 16.2. The van der Waals surface area contributed by atoms with Gasteiger partial charge in [-0.2, -0.15) is 0 Å². The van der Waals surface area contributed by atoms with Crippen molar-refractivity contribution in [2.24, 2.45) is 12.5 Å². The molecule has 0 atom stereocenters. The van der Waals surface area contributed by atoms with Gasteiger partial charge in [-0.1, -0.05) is 12.1 Å². The predicted molar refractivity (Wildman–Crippen MR) is 103 cm³/mol. The molecule has 2 saturated heterocycles. The number of hydrogen-bond donors (Lipinski definition) is 0. The Morgan fingerprint density at radius 3 is 2.37 bits per heavy atom. The van der Waals surface area contributed by atoms with Gasteiger partial charge in [0.1, 0.15) is 0 Å². The molecule has 0 bridgehead atoms. The van der Waals surface area contributed by atoms with Crippen molar-refractivity contribution < 1.29 is 9.59 Å². The number of rotatable bonds is 2. The van der Waals surface area contributed by atoms with Crippen molar-refractivity contribution in [2.75, 3.05) is 26.7 Å². The summed E-state index contributed by atoms with van der Waals surface area (Å²) in [5.41, 5.74) is 3.01. The second kappa shape index (κ2) is 6.83. The summed E-state index contributed by atoms with van der Waals surface area (Å²) in [6.07, 6.45) is 7.14. The highest BCUT2D eigenvalue weighted by Gasteiger charge is 2.40. The van der Waals surface area contributed by atoms with Gasteiger partial charge in [0.25, 0.3) is 5.91 Å². The molecule has 1 spiro atoms. The largest absolute Gasteiger partial charge is 0.345 e. The van der Waals surface area contributed by atoms with Gasteiger partial charge < -0.3 is 14.4 Å². The zero-order valence-corrected chi connectivity index (χ0v) is 16.0. The lowest BCUT2D eigenvalue weighted by atomic mass is 9.72. The molecular formula is C21H26N4O2. The number of amides is 2. The Bertz CT molecular complexity index is 847. The Kier molecular flexibility index (Phi) is 4.50. The third kappa shape index (κ3) is 3.36. The second-order valence-corrected chi connectivity index (χ2v) is 8.01. The minimum absolute atomic E-state index is 0.0987. The second-order valence-electron chi connectivity index (χ2n) is 8.01. The van der Waals surface area contributed by atoms with Crippen molar-refractivity contribution in [3.63, 3.8) is 0 Å². The van der Waals surface area contributed by atoms with E-state index in [-0.39, 0.29) is 17.2 Å². The molecule has 0 unspecified atom stereocenters. The average Bonchev–Trinajstić information content (AvgIpc) is 3.11. The number of nitrogens with zero attached hydrogens (tertiary/aromatic N) is 4. The molecule has 27 heavy (non-hydrogen) atoms. The fraction of sp³-hybridized carbons (Fsp3) is 0.476. The van der Waals surface area contributed by atoms with Crippen LogP contribution in [-0.4, -0.2) is 57.8 Å². The van der Waals surface area contributed by atoms with Gasteiger partial charge in [-0.05, 0) is 42.4 Å². The Hall–Kier alpha value is -2.63. The molecule has 0 radical (unpaired) electrons. The van der Waals surface area contributed by atoms with Crippen molar-refractivity contribution in [2.45, 2.75) is 25.7 Å². The van der Waals surface area contributed by atoms with E-state index in [1.807, 2.05) is 58.9 Å². The lowest BCUT2D eigenvalue weighted by molar-refractivity contribution is -0.137. The van der Waals surface area contributed by atoms with Crippen molar-refractivity contribution in [3.05, 3.63) is 42.4 Å². The van der Waals surface area contributed by atoms with Crippen LogP contribution >= 0.6 is 0 Å². The lowest BCUT2D eigenvalue weighted by Gasteiger charge is -2.46. The molecule has 6 heteroatoms. The van der Waals surface area contributed by atoms with E-state index in [0.29, 0.717) is 6.42 Å². The number of benzene rings is 1. The molecule has 2 aromatic rings. The summed E-state index contributed by atoms with van der Waals surface area (Å²) < 4.78 is 1.97. The van der Waals surface area contributed by atoms with Crippen molar-refractivity contribution in [3.8, 4) is 11.3 Å². The van der Waals surface area contributed by atoms with Crippen LogP contribution in [0.5, 0.6) is 0 Å². The average molecular weight is 366 g/mol.